The van der Waals surface area contributed by atoms with Crippen molar-refractivity contribution in [3.05, 3.63) is 22.5 Å². The summed E-state index contributed by atoms with van der Waals surface area (Å²) in [4.78, 5) is 14.1. The lowest BCUT2D eigenvalue weighted by Gasteiger charge is -2.10. The first kappa shape index (κ1) is 8.35. The van der Waals surface area contributed by atoms with Gasteiger partial charge in [0.1, 0.15) is 0 Å². The number of hydrogen-bond donors (Lipinski definition) is 2. The minimum absolute atomic E-state index is 0.509. The molecule has 1 aromatic heterocycles. The Bertz CT molecular complexity index is 352. The molecule has 0 spiro atoms. The number of nitrogens with one attached hydrogen (secondary N) is 1. The number of aryl methyl sites for hydroxylation is 2. The van der Waals surface area contributed by atoms with Crippen LogP contribution in [0.25, 0.3) is 0 Å². The molecule has 13 heavy (non-hydrogen) atoms. The summed E-state index contributed by atoms with van der Waals surface area (Å²) in [6.45, 7) is 1.84. The number of hydrogen-bond acceptors (Lipinski definition) is 1. The summed E-state index contributed by atoms with van der Waals surface area (Å²) in [6, 6.07) is 0. The van der Waals surface area contributed by atoms with Crippen LogP contribution in [0, 0.1) is 6.92 Å². The summed E-state index contributed by atoms with van der Waals surface area (Å²) >= 11 is 0. The van der Waals surface area contributed by atoms with Gasteiger partial charge in [-0.05, 0) is 38.2 Å². The number of aromatic nitrogens is 1. The smallest absolute Gasteiger partial charge is 0.337 e. The Balaban J connectivity index is 2.54. The highest BCUT2D eigenvalue weighted by Crippen LogP contribution is 2.26. The van der Waals surface area contributed by atoms with E-state index in [1.54, 1.807) is 0 Å². The van der Waals surface area contributed by atoms with Crippen molar-refractivity contribution in [2.24, 2.45) is 0 Å². The van der Waals surface area contributed by atoms with E-state index in [0.29, 0.717) is 5.56 Å². The lowest BCUT2D eigenvalue weighted by molar-refractivity contribution is 0.0695. The van der Waals surface area contributed by atoms with Crippen LogP contribution < -0.4 is 0 Å². The first-order chi connectivity index (χ1) is 6.20. The molecule has 0 aromatic carbocycles. The normalized spacial score (nSPS) is 15.5. The summed E-state index contributed by atoms with van der Waals surface area (Å²) in [7, 11) is 0. The highest BCUT2D eigenvalue weighted by Gasteiger charge is 2.21. The molecule has 0 atom stereocenters. The van der Waals surface area contributed by atoms with E-state index in [4.69, 9.17) is 5.11 Å². The molecule has 2 rings (SSSR count). The molecule has 1 aliphatic rings. The standard InChI is InChI=1S/C10H13NO2/c1-6-9(10(12)13)7-4-2-3-5-8(7)11-6/h11H,2-5H2,1H3,(H,12,13). The van der Waals surface area contributed by atoms with E-state index in [9.17, 15) is 4.79 Å². The zero-order chi connectivity index (χ0) is 9.42. The molecule has 0 radical (unpaired) electrons. The van der Waals surface area contributed by atoms with Crippen LogP contribution in [0.1, 0.15) is 40.2 Å². The minimum atomic E-state index is -0.795. The topological polar surface area (TPSA) is 53.1 Å². The molecule has 70 valence electrons. The lowest BCUT2D eigenvalue weighted by atomic mass is 9.94. The second-order valence-electron chi connectivity index (χ2n) is 3.59. The average Bonchev–Trinajstić information content (AvgIpc) is 2.39. The molecule has 1 aliphatic carbocycles. The number of fused-ring (bicyclic) bond motifs is 1. The van der Waals surface area contributed by atoms with E-state index in [1.807, 2.05) is 6.92 Å². The van der Waals surface area contributed by atoms with Gasteiger partial charge in [-0.1, -0.05) is 0 Å². The molecule has 3 heteroatoms. The van der Waals surface area contributed by atoms with Crippen LogP contribution >= 0.6 is 0 Å². The first-order valence-electron chi connectivity index (χ1n) is 4.63. The second kappa shape index (κ2) is 2.91. The van der Waals surface area contributed by atoms with Gasteiger partial charge in [0.15, 0.2) is 0 Å². The predicted molar refractivity (Wildman–Crippen MR) is 49.1 cm³/mol. The van der Waals surface area contributed by atoms with Gasteiger partial charge in [0, 0.05) is 11.4 Å². The van der Waals surface area contributed by atoms with Gasteiger partial charge in [-0.3, -0.25) is 0 Å². The monoisotopic (exact) mass is 179 g/mol. The van der Waals surface area contributed by atoms with Crippen molar-refractivity contribution >= 4 is 5.97 Å². The molecule has 0 bridgehead atoms. The minimum Gasteiger partial charge on any atom is -0.478 e. The molecular formula is C10H13NO2. The van der Waals surface area contributed by atoms with Crippen LogP contribution in [0.15, 0.2) is 0 Å². The number of aromatic amines is 1. The fourth-order valence-electron chi connectivity index (χ4n) is 2.12. The number of carboxylic acid groups (broad SMARTS) is 1. The number of carbonyl (C=O) groups is 1. The summed E-state index contributed by atoms with van der Waals surface area (Å²) in [6.07, 6.45) is 4.21. The third-order valence-corrected chi connectivity index (χ3v) is 2.70. The Labute approximate surface area is 76.8 Å². The van der Waals surface area contributed by atoms with Crippen molar-refractivity contribution in [3.63, 3.8) is 0 Å². The Morgan fingerprint density at radius 3 is 2.77 bits per heavy atom. The maximum Gasteiger partial charge on any atom is 0.337 e. The van der Waals surface area contributed by atoms with E-state index in [2.05, 4.69) is 4.98 Å². The Morgan fingerprint density at radius 2 is 2.08 bits per heavy atom. The molecule has 0 saturated carbocycles. The van der Waals surface area contributed by atoms with Crippen LogP contribution in [-0.4, -0.2) is 16.1 Å². The Morgan fingerprint density at radius 1 is 1.38 bits per heavy atom. The maximum atomic E-state index is 10.9. The van der Waals surface area contributed by atoms with Crippen molar-refractivity contribution in [3.8, 4) is 0 Å². The molecule has 0 unspecified atom stereocenters. The Kier molecular flexibility index (Phi) is 1.87. The first-order valence-corrected chi connectivity index (χ1v) is 4.63. The van der Waals surface area contributed by atoms with Crippen LogP contribution in [0.5, 0.6) is 0 Å². The number of aromatic carboxylic acids is 1. The van der Waals surface area contributed by atoms with E-state index in [1.165, 1.54) is 6.42 Å². The van der Waals surface area contributed by atoms with Crippen LogP contribution in [0.4, 0.5) is 0 Å². The third-order valence-electron chi connectivity index (χ3n) is 2.70. The van der Waals surface area contributed by atoms with Crippen LogP contribution in [0.2, 0.25) is 0 Å². The van der Waals surface area contributed by atoms with Gasteiger partial charge >= 0.3 is 5.97 Å². The van der Waals surface area contributed by atoms with Crippen molar-refractivity contribution in [1.82, 2.24) is 4.98 Å². The van der Waals surface area contributed by atoms with Crippen molar-refractivity contribution in [2.45, 2.75) is 32.6 Å². The SMILES string of the molecule is Cc1[nH]c2c(c1C(=O)O)CCCC2. The van der Waals surface area contributed by atoms with Crippen molar-refractivity contribution in [1.29, 1.82) is 0 Å². The average molecular weight is 179 g/mol. The highest BCUT2D eigenvalue weighted by molar-refractivity contribution is 5.91. The summed E-state index contributed by atoms with van der Waals surface area (Å²) in [5, 5.41) is 8.99. The number of H-pyrrole nitrogens is 1. The summed E-state index contributed by atoms with van der Waals surface area (Å²) in [5.41, 5.74) is 3.49. The van der Waals surface area contributed by atoms with E-state index < -0.39 is 5.97 Å². The maximum absolute atomic E-state index is 10.9. The summed E-state index contributed by atoms with van der Waals surface area (Å²) < 4.78 is 0. The summed E-state index contributed by atoms with van der Waals surface area (Å²) in [5.74, 6) is -0.795. The van der Waals surface area contributed by atoms with E-state index in [0.717, 1.165) is 36.2 Å². The fraction of sp³-hybridized carbons (Fsp3) is 0.500. The molecule has 0 saturated heterocycles. The molecule has 3 nitrogen and oxygen atoms in total. The van der Waals surface area contributed by atoms with Gasteiger partial charge in [0.2, 0.25) is 0 Å². The third kappa shape index (κ3) is 1.24. The van der Waals surface area contributed by atoms with E-state index in [-0.39, 0.29) is 0 Å². The largest absolute Gasteiger partial charge is 0.478 e. The zero-order valence-corrected chi connectivity index (χ0v) is 7.68. The molecular weight excluding hydrogens is 166 g/mol. The van der Waals surface area contributed by atoms with Crippen molar-refractivity contribution < 1.29 is 9.90 Å². The molecule has 1 heterocycles. The quantitative estimate of drug-likeness (QED) is 0.691. The van der Waals surface area contributed by atoms with Crippen LogP contribution in [0.3, 0.4) is 0 Å². The molecule has 2 N–H and O–H groups in total. The van der Waals surface area contributed by atoms with Gasteiger partial charge in [0.25, 0.3) is 0 Å². The van der Waals surface area contributed by atoms with Crippen LogP contribution in [-0.2, 0) is 12.8 Å². The fourth-order valence-corrected chi connectivity index (χ4v) is 2.12. The zero-order valence-electron chi connectivity index (χ0n) is 7.68. The number of rotatable bonds is 1. The van der Waals surface area contributed by atoms with Crippen molar-refractivity contribution in [2.75, 3.05) is 0 Å². The lowest BCUT2D eigenvalue weighted by Crippen LogP contribution is -2.06. The van der Waals surface area contributed by atoms with E-state index >= 15 is 0 Å². The number of carboxylic acids is 1. The predicted octanol–water partition coefficient (Wildman–Crippen LogP) is 1.90. The van der Waals surface area contributed by atoms with Gasteiger partial charge in [-0.2, -0.15) is 0 Å². The highest BCUT2D eigenvalue weighted by atomic mass is 16.4. The van der Waals surface area contributed by atoms with Gasteiger partial charge in [-0.25, -0.2) is 4.79 Å². The van der Waals surface area contributed by atoms with Gasteiger partial charge < -0.3 is 10.1 Å². The van der Waals surface area contributed by atoms with Gasteiger partial charge in [-0.15, -0.1) is 0 Å². The second-order valence-corrected chi connectivity index (χ2v) is 3.59. The molecule has 1 aromatic rings. The molecule has 0 fully saturated rings. The Hall–Kier alpha value is -1.25. The van der Waals surface area contributed by atoms with Gasteiger partial charge in [0.05, 0.1) is 5.56 Å². The molecule has 0 amide bonds. The molecule has 0 aliphatic heterocycles.